The molecule has 0 aliphatic heterocycles. The summed E-state index contributed by atoms with van der Waals surface area (Å²) in [7, 11) is 0. The summed E-state index contributed by atoms with van der Waals surface area (Å²) in [5, 5.41) is 4.70. The number of unbranched alkanes of at least 4 members (excludes halogenated alkanes) is 1. The number of rotatable bonds is 5. The van der Waals surface area contributed by atoms with Gasteiger partial charge in [0, 0.05) is 5.38 Å². The Balaban J connectivity index is 2.04. The molecule has 1 rings (SSSR count). The lowest BCUT2D eigenvalue weighted by molar-refractivity contribution is 0.672. The summed E-state index contributed by atoms with van der Waals surface area (Å²) >= 11 is 7.62. The fourth-order valence-electron chi connectivity index (χ4n) is 1.19. The lowest BCUT2D eigenvalue weighted by Crippen LogP contribution is -1.91. The van der Waals surface area contributed by atoms with Gasteiger partial charge in [-0.2, -0.15) is 11.3 Å². The Morgan fingerprint density at radius 3 is 2.92 bits per heavy atom. The summed E-state index contributed by atoms with van der Waals surface area (Å²) < 4.78 is 0. The van der Waals surface area contributed by atoms with Crippen molar-refractivity contribution in [1.29, 1.82) is 0 Å². The molecular formula is C10H15ClS. The Hall–Kier alpha value is -0.0100. The highest BCUT2D eigenvalue weighted by Crippen LogP contribution is 2.12. The minimum Gasteiger partial charge on any atom is -0.152 e. The van der Waals surface area contributed by atoms with Crippen molar-refractivity contribution in [2.24, 2.45) is 0 Å². The standard InChI is InChI=1S/C10H15ClS/c1-9(11)4-2-3-5-10-6-7-12-8-10/h6-9H,2-5H2,1H3. The van der Waals surface area contributed by atoms with Gasteiger partial charge in [-0.15, -0.1) is 11.6 Å². The smallest absolute Gasteiger partial charge is 0.0307 e. The lowest BCUT2D eigenvalue weighted by atomic mass is 10.1. The number of hydrogen-bond donors (Lipinski definition) is 0. The molecular weight excluding hydrogens is 188 g/mol. The van der Waals surface area contributed by atoms with E-state index in [0.717, 1.165) is 6.42 Å². The summed E-state index contributed by atoms with van der Waals surface area (Å²) in [6.07, 6.45) is 4.88. The van der Waals surface area contributed by atoms with E-state index in [9.17, 15) is 0 Å². The Bertz CT molecular complexity index is 192. The van der Waals surface area contributed by atoms with E-state index in [4.69, 9.17) is 11.6 Å². The van der Waals surface area contributed by atoms with Crippen LogP contribution in [0.1, 0.15) is 31.7 Å². The molecule has 0 fully saturated rings. The van der Waals surface area contributed by atoms with E-state index in [1.54, 1.807) is 11.3 Å². The maximum atomic E-state index is 5.84. The predicted molar refractivity (Wildman–Crippen MR) is 57.2 cm³/mol. The van der Waals surface area contributed by atoms with Gasteiger partial charge in [0.2, 0.25) is 0 Å². The first-order valence-corrected chi connectivity index (χ1v) is 5.82. The van der Waals surface area contributed by atoms with Crippen LogP contribution >= 0.6 is 22.9 Å². The summed E-state index contributed by atoms with van der Waals surface area (Å²) in [5.41, 5.74) is 1.47. The van der Waals surface area contributed by atoms with Crippen LogP contribution in [0.2, 0.25) is 0 Å². The van der Waals surface area contributed by atoms with E-state index in [2.05, 4.69) is 23.8 Å². The molecule has 1 atom stereocenters. The highest BCUT2D eigenvalue weighted by atomic mass is 35.5. The SMILES string of the molecule is CC(Cl)CCCCc1ccsc1. The first-order chi connectivity index (χ1) is 5.79. The second-order valence-electron chi connectivity index (χ2n) is 3.16. The lowest BCUT2D eigenvalue weighted by Gasteiger charge is -2.01. The third kappa shape index (κ3) is 4.13. The molecule has 1 aromatic heterocycles. The van der Waals surface area contributed by atoms with E-state index in [1.807, 2.05) is 0 Å². The van der Waals surface area contributed by atoms with Gasteiger partial charge in [0.15, 0.2) is 0 Å². The Kier molecular flexibility index (Phi) is 4.70. The average molecular weight is 203 g/mol. The van der Waals surface area contributed by atoms with Crippen molar-refractivity contribution in [3.05, 3.63) is 22.4 Å². The second kappa shape index (κ2) is 5.60. The largest absolute Gasteiger partial charge is 0.152 e. The quantitative estimate of drug-likeness (QED) is 0.499. The number of thiophene rings is 1. The number of aryl methyl sites for hydroxylation is 1. The first kappa shape index (κ1) is 10.1. The minimum atomic E-state index is 0.340. The van der Waals surface area contributed by atoms with E-state index < -0.39 is 0 Å². The van der Waals surface area contributed by atoms with Gasteiger partial charge in [0.1, 0.15) is 0 Å². The molecule has 1 heterocycles. The number of alkyl halides is 1. The summed E-state index contributed by atoms with van der Waals surface area (Å²) in [4.78, 5) is 0. The highest BCUT2D eigenvalue weighted by molar-refractivity contribution is 7.07. The molecule has 0 aliphatic rings. The van der Waals surface area contributed by atoms with Gasteiger partial charge in [-0.25, -0.2) is 0 Å². The molecule has 1 unspecified atom stereocenters. The summed E-state index contributed by atoms with van der Waals surface area (Å²) in [6.45, 7) is 2.06. The van der Waals surface area contributed by atoms with E-state index >= 15 is 0 Å². The average Bonchev–Trinajstić information content (AvgIpc) is 2.49. The molecule has 0 saturated heterocycles. The van der Waals surface area contributed by atoms with Crippen LogP contribution in [-0.2, 0) is 6.42 Å². The molecule has 0 N–H and O–H groups in total. The third-order valence-electron chi connectivity index (χ3n) is 1.90. The molecule has 0 amide bonds. The molecule has 0 saturated carbocycles. The molecule has 0 aliphatic carbocycles. The van der Waals surface area contributed by atoms with Gasteiger partial charge in [-0.3, -0.25) is 0 Å². The zero-order valence-corrected chi connectivity index (χ0v) is 9.00. The molecule has 0 nitrogen and oxygen atoms in total. The highest BCUT2D eigenvalue weighted by Gasteiger charge is 1.97. The predicted octanol–water partition coefficient (Wildman–Crippen LogP) is 4.09. The van der Waals surface area contributed by atoms with Crippen LogP contribution in [0, 0.1) is 0 Å². The van der Waals surface area contributed by atoms with Crippen molar-refractivity contribution >= 4 is 22.9 Å². The molecule has 68 valence electrons. The van der Waals surface area contributed by atoms with Crippen molar-refractivity contribution < 1.29 is 0 Å². The van der Waals surface area contributed by atoms with Crippen LogP contribution in [0.4, 0.5) is 0 Å². The Morgan fingerprint density at radius 2 is 2.33 bits per heavy atom. The molecule has 2 heteroatoms. The first-order valence-electron chi connectivity index (χ1n) is 4.44. The van der Waals surface area contributed by atoms with Crippen molar-refractivity contribution in [3.63, 3.8) is 0 Å². The van der Waals surface area contributed by atoms with Crippen LogP contribution in [-0.4, -0.2) is 5.38 Å². The minimum absolute atomic E-state index is 0.340. The molecule has 0 bridgehead atoms. The molecule has 12 heavy (non-hydrogen) atoms. The van der Waals surface area contributed by atoms with Crippen LogP contribution in [0.15, 0.2) is 16.8 Å². The van der Waals surface area contributed by atoms with Crippen LogP contribution in [0.25, 0.3) is 0 Å². The van der Waals surface area contributed by atoms with Crippen molar-refractivity contribution in [1.82, 2.24) is 0 Å². The van der Waals surface area contributed by atoms with E-state index in [-0.39, 0.29) is 0 Å². The Morgan fingerprint density at radius 1 is 1.50 bits per heavy atom. The maximum absolute atomic E-state index is 5.84. The van der Waals surface area contributed by atoms with Crippen molar-refractivity contribution in [3.8, 4) is 0 Å². The van der Waals surface area contributed by atoms with Crippen LogP contribution in [0.5, 0.6) is 0 Å². The van der Waals surface area contributed by atoms with Gasteiger partial charge in [-0.1, -0.05) is 6.42 Å². The fraction of sp³-hybridized carbons (Fsp3) is 0.600. The van der Waals surface area contributed by atoms with E-state index in [1.165, 1.54) is 24.8 Å². The molecule has 0 aromatic carbocycles. The number of hydrogen-bond acceptors (Lipinski definition) is 1. The monoisotopic (exact) mass is 202 g/mol. The second-order valence-corrected chi connectivity index (χ2v) is 4.68. The molecule has 1 aromatic rings. The zero-order valence-electron chi connectivity index (χ0n) is 7.42. The van der Waals surface area contributed by atoms with E-state index in [0.29, 0.717) is 5.38 Å². The number of halogens is 1. The van der Waals surface area contributed by atoms with Gasteiger partial charge in [-0.05, 0) is 48.6 Å². The van der Waals surface area contributed by atoms with Gasteiger partial charge < -0.3 is 0 Å². The summed E-state index contributed by atoms with van der Waals surface area (Å²) in [5.74, 6) is 0. The fourth-order valence-corrected chi connectivity index (χ4v) is 2.05. The van der Waals surface area contributed by atoms with Crippen LogP contribution in [0.3, 0.4) is 0 Å². The van der Waals surface area contributed by atoms with Crippen molar-refractivity contribution in [2.45, 2.75) is 38.0 Å². The normalized spacial score (nSPS) is 13.2. The van der Waals surface area contributed by atoms with Gasteiger partial charge in [0.05, 0.1) is 0 Å². The topological polar surface area (TPSA) is 0 Å². The van der Waals surface area contributed by atoms with Crippen LogP contribution < -0.4 is 0 Å². The Labute approximate surface area is 83.6 Å². The maximum Gasteiger partial charge on any atom is 0.0307 e. The summed E-state index contributed by atoms with van der Waals surface area (Å²) in [6, 6.07) is 2.20. The molecule has 0 radical (unpaired) electrons. The third-order valence-corrected chi connectivity index (χ3v) is 2.85. The van der Waals surface area contributed by atoms with Gasteiger partial charge >= 0.3 is 0 Å². The molecule has 0 spiro atoms. The zero-order chi connectivity index (χ0) is 8.81. The van der Waals surface area contributed by atoms with Gasteiger partial charge in [0.25, 0.3) is 0 Å². The van der Waals surface area contributed by atoms with Crippen molar-refractivity contribution in [2.75, 3.05) is 0 Å².